The molecule has 0 saturated carbocycles. The second-order valence-corrected chi connectivity index (χ2v) is 6.35. The van der Waals surface area contributed by atoms with Gasteiger partial charge in [0, 0.05) is 37.2 Å². The number of nitrogens with one attached hydrogen (secondary N) is 2. The van der Waals surface area contributed by atoms with Gasteiger partial charge in [0.05, 0.1) is 0 Å². The van der Waals surface area contributed by atoms with E-state index in [9.17, 15) is 4.79 Å². The molecule has 2 unspecified atom stereocenters. The molecule has 1 saturated heterocycles. The van der Waals surface area contributed by atoms with Crippen LogP contribution in [-0.4, -0.2) is 43.0 Å². The monoisotopic (exact) mass is 287 g/mol. The number of rotatable bonds is 5. The lowest BCUT2D eigenvalue weighted by Crippen LogP contribution is -2.41. The van der Waals surface area contributed by atoms with Crippen LogP contribution in [0.5, 0.6) is 0 Å². The average Bonchev–Trinajstić information content (AvgIpc) is 3.09. The normalized spacial score (nSPS) is 22.6. The Bertz CT molecular complexity index is 497. The molecule has 3 rings (SSSR count). The summed E-state index contributed by atoms with van der Waals surface area (Å²) in [5.41, 5.74) is 2.46. The number of hydrogen-bond acceptors (Lipinski definition) is 3. The number of carbonyl (C=O) groups excluding carboxylic acids is 1. The second kappa shape index (κ2) is 6.48. The molecular weight excluding hydrogens is 262 g/mol. The summed E-state index contributed by atoms with van der Waals surface area (Å²) < 4.78 is 0. The second-order valence-electron chi connectivity index (χ2n) is 6.35. The molecule has 114 valence electrons. The Kier molecular flexibility index (Phi) is 4.44. The SMILES string of the molecule is CC(CN1CCCC1)NC(=O)CC1CNc2ccccc21. The van der Waals surface area contributed by atoms with Crippen LogP contribution in [0.3, 0.4) is 0 Å². The largest absolute Gasteiger partial charge is 0.384 e. The molecule has 2 aliphatic heterocycles. The van der Waals surface area contributed by atoms with Gasteiger partial charge in [0.15, 0.2) is 0 Å². The van der Waals surface area contributed by atoms with E-state index in [1.54, 1.807) is 0 Å². The highest BCUT2D eigenvalue weighted by Crippen LogP contribution is 2.33. The van der Waals surface area contributed by atoms with E-state index < -0.39 is 0 Å². The van der Waals surface area contributed by atoms with E-state index >= 15 is 0 Å². The minimum Gasteiger partial charge on any atom is -0.384 e. The van der Waals surface area contributed by atoms with Gasteiger partial charge in [-0.2, -0.15) is 0 Å². The van der Waals surface area contributed by atoms with Crippen molar-refractivity contribution in [3.63, 3.8) is 0 Å². The standard InChI is InChI=1S/C17H25N3O/c1-13(12-20-8-4-5-9-20)19-17(21)10-14-11-18-16-7-3-2-6-15(14)16/h2-3,6-7,13-14,18H,4-5,8-12H2,1H3,(H,19,21). The zero-order valence-corrected chi connectivity index (χ0v) is 12.8. The molecule has 2 atom stereocenters. The van der Waals surface area contributed by atoms with Gasteiger partial charge in [-0.05, 0) is 44.5 Å². The van der Waals surface area contributed by atoms with Crippen molar-refractivity contribution in [2.45, 2.75) is 38.1 Å². The Hall–Kier alpha value is -1.55. The number of benzene rings is 1. The molecule has 4 nitrogen and oxygen atoms in total. The van der Waals surface area contributed by atoms with Gasteiger partial charge < -0.3 is 15.5 Å². The van der Waals surface area contributed by atoms with E-state index in [1.807, 2.05) is 12.1 Å². The Morgan fingerprint density at radius 3 is 2.95 bits per heavy atom. The van der Waals surface area contributed by atoms with Crippen molar-refractivity contribution in [1.29, 1.82) is 0 Å². The fraction of sp³-hybridized carbons (Fsp3) is 0.588. The van der Waals surface area contributed by atoms with Crippen LogP contribution in [0.15, 0.2) is 24.3 Å². The summed E-state index contributed by atoms with van der Waals surface area (Å²) in [6, 6.07) is 8.53. The number of hydrogen-bond donors (Lipinski definition) is 2. The van der Waals surface area contributed by atoms with Gasteiger partial charge >= 0.3 is 0 Å². The van der Waals surface area contributed by atoms with Crippen molar-refractivity contribution < 1.29 is 4.79 Å². The highest BCUT2D eigenvalue weighted by Gasteiger charge is 2.24. The maximum atomic E-state index is 12.2. The topological polar surface area (TPSA) is 44.4 Å². The maximum Gasteiger partial charge on any atom is 0.220 e. The van der Waals surface area contributed by atoms with Crippen LogP contribution >= 0.6 is 0 Å². The summed E-state index contributed by atoms with van der Waals surface area (Å²) in [6.45, 7) is 6.32. The number of fused-ring (bicyclic) bond motifs is 1. The molecule has 4 heteroatoms. The van der Waals surface area contributed by atoms with Crippen LogP contribution in [0.1, 0.15) is 37.7 Å². The zero-order valence-electron chi connectivity index (χ0n) is 12.8. The van der Waals surface area contributed by atoms with Crippen molar-refractivity contribution in [3.05, 3.63) is 29.8 Å². The molecule has 0 bridgehead atoms. The minimum absolute atomic E-state index is 0.171. The first-order valence-electron chi connectivity index (χ1n) is 8.07. The molecule has 1 fully saturated rings. The summed E-state index contributed by atoms with van der Waals surface area (Å²) in [5, 5.41) is 6.54. The summed E-state index contributed by atoms with van der Waals surface area (Å²) in [7, 11) is 0. The molecule has 1 aromatic rings. The molecule has 1 amide bonds. The van der Waals surface area contributed by atoms with Crippen molar-refractivity contribution in [2.75, 3.05) is 31.5 Å². The number of carbonyl (C=O) groups is 1. The smallest absolute Gasteiger partial charge is 0.220 e. The fourth-order valence-corrected chi connectivity index (χ4v) is 3.49. The first-order chi connectivity index (χ1) is 10.2. The maximum absolute atomic E-state index is 12.2. The van der Waals surface area contributed by atoms with Gasteiger partial charge in [0.1, 0.15) is 0 Å². The lowest BCUT2D eigenvalue weighted by atomic mass is 9.97. The van der Waals surface area contributed by atoms with E-state index in [2.05, 4.69) is 34.6 Å². The van der Waals surface area contributed by atoms with Crippen LogP contribution in [0, 0.1) is 0 Å². The van der Waals surface area contributed by atoms with Crippen molar-refractivity contribution in [2.24, 2.45) is 0 Å². The first-order valence-corrected chi connectivity index (χ1v) is 8.07. The number of likely N-dealkylation sites (tertiary alicyclic amines) is 1. The summed E-state index contributed by atoms with van der Waals surface area (Å²) in [4.78, 5) is 14.7. The van der Waals surface area contributed by atoms with Crippen molar-refractivity contribution in [3.8, 4) is 0 Å². The van der Waals surface area contributed by atoms with Crippen LogP contribution in [0.25, 0.3) is 0 Å². The van der Waals surface area contributed by atoms with E-state index in [0.29, 0.717) is 12.3 Å². The van der Waals surface area contributed by atoms with Gasteiger partial charge in [-0.1, -0.05) is 18.2 Å². The molecule has 21 heavy (non-hydrogen) atoms. The fourth-order valence-electron chi connectivity index (χ4n) is 3.49. The number of anilines is 1. The molecule has 2 N–H and O–H groups in total. The lowest BCUT2D eigenvalue weighted by molar-refractivity contribution is -0.122. The lowest BCUT2D eigenvalue weighted by Gasteiger charge is -2.21. The predicted molar refractivity (Wildman–Crippen MR) is 85.6 cm³/mol. The first kappa shape index (κ1) is 14.4. The minimum atomic E-state index is 0.171. The van der Waals surface area contributed by atoms with Crippen LogP contribution in [0.4, 0.5) is 5.69 Å². The summed E-state index contributed by atoms with van der Waals surface area (Å²) in [5.74, 6) is 0.477. The molecule has 1 aromatic carbocycles. The quantitative estimate of drug-likeness (QED) is 0.872. The Labute approximate surface area is 126 Å². The summed E-state index contributed by atoms with van der Waals surface area (Å²) in [6.07, 6.45) is 3.17. The number of amides is 1. The van der Waals surface area contributed by atoms with E-state index in [4.69, 9.17) is 0 Å². The van der Waals surface area contributed by atoms with Gasteiger partial charge in [0.25, 0.3) is 0 Å². The van der Waals surface area contributed by atoms with Crippen LogP contribution in [0.2, 0.25) is 0 Å². The molecule has 2 aliphatic rings. The third kappa shape index (κ3) is 3.56. The van der Waals surface area contributed by atoms with Gasteiger partial charge in [-0.25, -0.2) is 0 Å². The molecule has 0 radical (unpaired) electrons. The Balaban J connectivity index is 1.48. The third-order valence-electron chi connectivity index (χ3n) is 4.51. The zero-order chi connectivity index (χ0) is 14.7. The number of nitrogens with zero attached hydrogens (tertiary/aromatic N) is 1. The van der Waals surface area contributed by atoms with E-state index in [1.165, 1.54) is 37.2 Å². The molecule has 2 heterocycles. The summed E-state index contributed by atoms with van der Waals surface area (Å²) >= 11 is 0. The highest BCUT2D eigenvalue weighted by molar-refractivity contribution is 5.78. The Morgan fingerprint density at radius 1 is 1.38 bits per heavy atom. The molecular formula is C17H25N3O. The predicted octanol–water partition coefficient (Wildman–Crippen LogP) is 2.19. The Morgan fingerprint density at radius 2 is 2.14 bits per heavy atom. The van der Waals surface area contributed by atoms with Crippen LogP contribution < -0.4 is 10.6 Å². The molecule has 0 aromatic heterocycles. The highest BCUT2D eigenvalue weighted by atomic mass is 16.1. The van der Waals surface area contributed by atoms with E-state index in [-0.39, 0.29) is 11.9 Å². The van der Waals surface area contributed by atoms with Crippen molar-refractivity contribution >= 4 is 11.6 Å². The molecule has 0 aliphatic carbocycles. The van der Waals surface area contributed by atoms with Crippen LogP contribution in [-0.2, 0) is 4.79 Å². The van der Waals surface area contributed by atoms with Gasteiger partial charge in [-0.15, -0.1) is 0 Å². The third-order valence-corrected chi connectivity index (χ3v) is 4.51. The van der Waals surface area contributed by atoms with Gasteiger partial charge in [0.2, 0.25) is 5.91 Å². The number of para-hydroxylation sites is 1. The van der Waals surface area contributed by atoms with E-state index in [0.717, 1.165) is 13.1 Å². The van der Waals surface area contributed by atoms with Gasteiger partial charge in [-0.3, -0.25) is 4.79 Å². The molecule has 0 spiro atoms. The van der Waals surface area contributed by atoms with Crippen molar-refractivity contribution in [1.82, 2.24) is 10.2 Å². The average molecular weight is 287 g/mol.